The van der Waals surface area contributed by atoms with Crippen molar-refractivity contribution in [3.63, 3.8) is 0 Å². The molecule has 19 heavy (non-hydrogen) atoms. The van der Waals surface area contributed by atoms with Gasteiger partial charge in [-0.05, 0) is 46.5 Å². The van der Waals surface area contributed by atoms with Crippen molar-refractivity contribution >= 4 is 7.12 Å². The van der Waals surface area contributed by atoms with Gasteiger partial charge in [-0.3, -0.25) is 0 Å². The van der Waals surface area contributed by atoms with Crippen LogP contribution in [0.2, 0.25) is 5.31 Å². The molecular formula is C16H31BO2. The third-order valence-electron chi connectivity index (χ3n) is 4.87. The molecule has 2 nitrogen and oxygen atoms in total. The Balaban J connectivity index is 2.78. The van der Waals surface area contributed by atoms with Crippen LogP contribution in [0.3, 0.4) is 0 Å². The lowest BCUT2D eigenvalue weighted by molar-refractivity contribution is 0.00578. The summed E-state index contributed by atoms with van der Waals surface area (Å²) in [5.41, 5.74) is 0.810. The average molecular weight is 266 g/mol. The van der Waals surface area contributed by atoms with Crippen molar-refractivity contribution in [1.29, 1.82) is 0 Å². The highest BCUT2D eigenvalue weighted by atomic mass is 16.7. The van der Waals surface area contributed by atoms with E-state index >= 15 is 0 Å². The SMILES string of the molecule is C=C(CC)C(C)CC(C)(C)B1OC(C)(C)C(C)(C)O1. The molecule has 1 unspecified atom stereocenters. The highest BCUT2D eigenvalue weighted by Gasteiger charge is 2.56. The van der Waals surface area contributed by atoms with Crippen molar-refractivity contribution in [1.82, 2.24) is 0 Å². The van der Waals surface area contributed by atoms with E-state index in [0.29, 0.717) is 5.92 Å². The van der Waals surface area contributed by atoms with Crippen molar-refractivity contribution in [2.24, 2.45) is 5.92 Å². The van der Waals surface area contributed by atoms with E-state index < -0.39 is 0 Å². The van der Waals surface area contributed by atoms with E-state index in [1.807, 2.05) is 0 Å². The van der Waals surface area contributed by atoms with Gasteiger partial charge in [0.25, 0.3) is 0 Å². The fourth-order valence-electron chi connectivity index (χ4n) is 2.54. The minimum Gasteiger partial charge on any atom is -0.403 e. The van der Waals surface area contributed by atoms with E-state index in [1.54, 1.807) is 0 Å². The smallest absolute Gasteiger partial charge is 0.403 e. The largest absolute Gasteiger partial charge is 0.463 e. The maximum absolute atomic E-state index is 6.19. The second kappa shape index (κ2) is 5.25. The third kappa shape index (κ3) is 3.43. The number of hydrogen-bond acceptors (Lipinski definition) is 2. The summed E-state index contributed by atoms with van der Waals surface area (Å²) < 4.78 is 12.4. The summed E-state index contributed by atoms with van der Waals surface area (Å²) in [5, 5.41) is -0.0113. The van der Waals surface area contributed by atoms with Gasteiger partial charge in [-0.25, -0.2) is 0 Å². The van der Waals surface area contributed by atoms with Crippen LogP contribution in [0.4, 0.5) is 0 Å². The van der Waals surface area contributed by atoms with Crippen molar-refractivity contribution < 1.29 is 9.31 Å². The molecule has 1 heterocycles. The molecule has 0 aromatic carbocycles. The van der Waals surface area contributed by atoms with Crippen LogP contribution in [0.15, 0.2) is 12.2 Å². The molecule has 1 fully saturated rings. The molecule has 1 rings (SSSR count). The summed E-state index contributed by atoms with van der Waals surface area (Å²) in [6.45, 7) is 21.5. The molecule has 0 N–H and O–H groups in total. The molecule has 0 radical (unpaired) electrons. The first-order valence-corrected chi connectivity index (χ1v) is 7.46. The summed E-state index contributed by atoms with van der Waals surface area (Å²) in [6.07, 6.45) is 2.08. The molecule has 0 saturated carbocycles. The van der Waals surface area contributed by atoms with Crippen LogP contribution in [-0.2, 0) is 9.31 Å². The standard InChI is InChI=1S/C16H31BO2/c1-10-12(2)13(3)11-14(4,5)17-18-15(6,7)16(8,9)19-17/h13H,2,10-11H2,1,3-9H3. The Hall–Kier alpha value is -0.275. The van der Waals surface area contributed by atoms with Crippen molar-refractivity contribution in [3.05, 3.63) is 12.2 Å². The van der Waals surface area contributed by atoms with Gasteiger partial charge in [-0.1, -0.05) is 39.8 Å². The molecule has 0 aromatic rings. The molecule has 0 amide bonds. The van der Waals surface area contributed by atoms with E-state index in [-0.39, 0.29) is 23.6 Å². The molecule has 1 saturated heterocycles. The van der Waals surface area contributed by atoms with Gasteiger partial charge in [0, 0.05) is 5.31 Å². The van der Waals surface area contributed by atoms with Crippen LogP contribution < -0.4 is 0 Å². The lowest BCUT2D eigenvalue weighted by atomic mass is 9.56. The maximum Gasteiger partial charge on any atom is 0.463 e. The molecular weight excluding hydrogens is 235 g/mol. The Morgan fingerprint density at radius 1 is 1.16 bits per heavy atom. The monoisotopic (exact) mass is 266 g/mol. The van der Waals surface area contributed by atoms with Gasteiger partial charge in [0.2, 0.25) is 0 Å². The average Bonchev–Trinajstić information content (AvgIpc) is 2.47. The van der Waals surface area contributed by atoms with E-state index in [1.165, 1.54) is 5.57 Å². The lowest BCUT2D eigenvalue weighted by Gasteiger charge is -2.32. The first-order chi connectivity index (χ1) is 8.43. The third-order valence-corrected chi connectivity index (χ3v) is 4.87. The summed E-state index contributed by atoms with van der Waals surface area (Å²) in [6, 6.07) is 0. The van der Waals surface area contributed by atoms with Crippen LogP contribution >= 0.6 is 0 Å². The Morgan fingerprint density at radius 3 is 1.95 bits per heavy atom. The van der Waals surface area contributed by atoms with E-state index in [4.69, 9.17) is 9.31 Å². The minimum atomic E-state index is -0.250. The zero-order valence-corrected chi connectivity index (χ0v) is 14.1. The number of allylic oxidation sites excluding steroid dienone is 1. The molecule has 3 heteroatoms. The van der Waals surface area contributed by atoms with Gasteiger partial charge in [0.1, 0.15) is 0 Å². The zero-order valence-electron chi connectivity index (χ0n) is 14.1. The second-order valence-electron chi connectivity index (χ2n) is 7.69. The van der Waals surface area contributed by atoms with Gasteiger partial charge >= 0.3 is 7.12 Å². The van der Waals surface area contributed by atoms with E-state index in [0.717, 1.165) is 12.8 Å². The lowest BCUT2D eigenvalue weighted by Crippen LogP contribution is -2.41. The number of hydrogen-bond donors (Lipinski definition) is 0. The van der Waals surface area contributed by atoms with Crippen LogP contribution in [0.25, 0.3) is 0 Å². The predicted molar refractivity (Wildman–Crippen MR) is 83.3 cm³/mol. The van der Waals surface area contributed by atoms with Crippen LogP contribution in [0, 0.1) is 5.92 Å². The molecule has 110 valence electrons. The number of rotatable bonds is 5. The van der Waals surface area contributed by atoms with Crippen LogP contribution in [-0.4, -0.2) is 18.3 Å². The fourth-order valence-corrected chi connectivity index (χ4v) is 2.54. The fraction of sp³-hybridized carbons (Fsp3) is 0.875. The quantitative estimate of drug-likeness (QED) is 0.523. The predicted octanol–water partition coefficient (Wildman–Crippen LogP) is 4.85. The first kappa shape index (κ1) is 16.8. The molecule has 1 aliphatic rings. The Labute approximate surface area is 120 Å². The Kier molecular flexibility index (Phi) is 4.64. The molecule has 0 aromatic heterocycles. The van der Waals surface area contributed by atoms with Gasteiger partial charge in [-0.2, -0.15) is 0 Å². The van der Waals surface area contributed by atoms with Gasteiger partial charge in [0.15, 0.2) is 0 Å². The van der Waals surface area contributed by atoms with Gasteiger partial charge < -0.3 is 9.31 Å². The molecule has 0 aliphatic carbocycles. The summed E-state index contributed by atoms with van der Waals surface area (Å²) in [5.74, 6) is 0.499. The van der Waals surface area contributed by atoms with Crippen molar-refractivity contribution in [3.8, 4) is 0 Å². The van der Waals surface area contributed by atoms with Crippen molar-refractivity contribution in [2.75, 3.05) is 0 Å². The van der Waals surface area contributed by atoms with Crippen molar-refractivity contribution in [2.45, 2.75) is 84.7 Å². The van der Waals surface area contributed by atoms with Gasteiger partial charge in [0.05, 0.1) is 11.2 Å². The topological polar surface area (TPSA) is 18.5 Å². The highest BCUT2D eigenvalue weighted by molar-refractivity contribution is 6.49. The normalized spacial score (nSPS) is 23.5. The molecule has 1 atom stereocenters. The Morgan fingerprint density at radius 2 is 1.58 bits per heavy atom. The summed E-state index contributed by atoms with van der Waals surface area (Å²) >= 11 is 0. The van der Waals surface area contributed by atoms with E-state index in [2.05, 4.69) is 62.0 Å². The summed E-state index contributed by atoms with van der Waals surface area (Å²) in [4.78, 5) is 0. The first-order valence-electron chi connectivity index (χ1n) is 7.46. The van der Waals surface area contributed by atoms with Crippen LogP contribution in [0.5, 0.6) is 0 Å². The molecule has 0 bridgehead atoms. The zero-order chi connectivity index (χ0) is 15.1. The summed E-state index contributed by atoms with van der Waals surface area (Å²) in [7, 11) is -0.149. The Bertz CT molecular complexity index is 329. The second-order valence-corrected chi connectivity index (χ2v) is 7.69. The minimum absolute atomic E-state index is 0.0113. The molecule has 1 aliphatic heterocycles. The van der Waals surface area contributed by atoms with Gasteiger partial charge in [-0.15, -0.1) is 0 Å². The molecule has 0 spiro atoms. The van der Waals surface area contributed by atoms with Crippen LogP contribution in [0.1, 0.15) is 68.2 Å². The van der Waals surface area contributed by atoms with E-state index in [9.17, 15) is 0 Å². The highest BCUT2D eigenvalue weighted by Crippen LogP contribution is 2.48. The maximum atomic E-state index is 6.19.